The average Bonchev–Trinajstić information content (AvgIpc) is 3.34. The molecule has 2 saturated heterocycles. The number of likely N-dealkylation sites (tertiary alicyclic amines) is 1. The maximum absolute atomic E-state index is 13.4. The molecular weight excluding hydrogens is 419 g/mol. The average molecular weight is 438 g/mol. The van der Waals surface area contributed by atoms with E-state index in [1.165, 1.54) is 6.07 Å². The van der Waals surface area contributed by atoms with Gasteiger partial charge in [0.05, 0.1) is 0 Å². The number of sulfonamides is 1. The van der Waals surface area contributed by atoms with E-state index in [0.717, 1.165) is 12.1 Å². The molecule has 2 unspecified atom stereocenters. The first-order chi connectivity index (χ1) is 13.5. The zero-order chi connectivity index (χ0) is 21.1. The second-order valence-corrected chi connectivity index (χ2v) is 9.80. The minimum absolute atomic E-state index is 0.147. The first-order valence-corrected chi connectivity index (χ1v) is 10.8. The minimum Gasteiger partial charge on any atom is -0.339 e. The highest BCUT2D eigenvalue weighted by molar-refractivity contribution is 7.90. The van der Waals surface area contributed by atoms with E-state index in [0.29, 0.717) is 29.3 Å². The molecule has 5 nitrogen and oxygen atoms in total. The van der Waals surface area contributed by atoms with E-state index in [4.69, 9.17) is 0 Å². The highest BCUT2D eigenvalue weighted by Gasteiger charge is 2.54. The summed E-state index contributed by atoms with van der Waals surface area (Å²) in [4.78, 5) is 14.5. The van der Waals surface area contributed by atoms with Gasteiger partial charge in [0.1, 0.15) is 0 Å². The zero-order valence-corrected chi connectivity index (χ0v) is 16.0. The molecule has 0 radical (unpaired) electrons. The molecule has 2 heterocycles. The third-order valence-corrected chi connectivity index (χ3v) is 7.79. The van der Waals surface area contributed by atoms with E-state index >= 15 is 0 Å². The molecule has 1 aromatic rings. The van der Waals surface area contributed by atoms with Crippen LogP contribution < -0.4 is 0 Å². The fourth-order valence-corrected chi connectivity index (χ4v) is 5.61. The van der Waals surface area contributed by atoms with E-state index < -0.39 is 27.2 Å². The minimum atomic E-state index is -5.37. The maximum Gasteiger partial charge on any atom is 0.511 e. The van der Waals surface area contributed by atoms with Gasteiger partial charge >= 0.3 is 15.5 Å². The van der Waals surface area contributed by atoms with Gasteiger partial charge < -0.3 is 4.90 Å². The van der Waals surface area contributed by atoms with Crippen LogP contribution in [-0.4, -0.2) is 54.7 Å². The molecule has 29 heavy (non-hydrogen) atoms. The number of halogens is 5. The van der Waals surface area contributed by atoms with Gasteiger partial charge in [0.2, 0.25) is 5.91 Å². The summed E-state index contributed by atoms with van der Waals surface area (Å²) in [6.07, 6.45) is 1.09. The summed E-state index contributed by atoms with van der Waals surface area (Å²) < 4.78 is 88.7. The van der Waals surface area contributed by atoms with Gasteiger partial charge in [-0.05, 0) is 48.8 Å². The van der Waals surface area contributed by atoms with E-state index in [1.54, 1.807) is 4.90 Å². The van der Waals surface area contributed by atoms with Crippen molar-refractivity contribution in [1.82, 2.24) is 9.21 Å². The molecule has 2 aliphatic heterocycles. The van der Waals surface area contributed by atoms with Crippen molar-refractivity contribution in [3.8, 4) is 0 Å². The second-order valence-electron chi connectivity index (χ2n) is 7.87. The summed E-state index contributed by atoms with van der Waals surface area (Å²) in [6.45, 7) is -0.188. The molecule has 4 atom stereocenters. The highest BCUT2D eigenvalue weighted by atomic mass is 32.2. The number of piperidine rings is 1. The lowest BCUT2D eigenvalue weighted by Gasteiger charge is -2.37. The zero-order valence-electron chi connectivity index (χ0n) is 15.2. The lowest BCUT2D eigenvalue weighted by atomic mass is 9.94. The Balaban J connectivity index is 1.41. The maximum atomic E-state index is 13.4. The molecule has 160 valence electrons. The number of rotatable bonds is 3. The molecule has 3 fully saturated rings. The SMILES string of the molecule is O=C([C@@H]1C[C@H]1c1ccc(F)c(F)c1)N1CCC2CN(S(=O)(=O)C(F)(F)F)CCC21. The monoisotopic (exact) mass is 438 g/mol. The number of alkyl halides is 3. The normalized spacial score (nSPS) is 30.3. The standard InChI is InChI=1S/C18H19F5N2O3S/c19-14-2-1-10(7-15(14)20)12-8-13(12)17(26)25-6-3-11-9-24(5-4-16(11)25)29(27,28)18(21,22)23/h1-2,7,11-13,16H,3-6,8-9H2/t11?,12-,13+,16?/m0/s1. The first-order valence-electron chi connectivity index (χ1n) is 9.32. The summed E-state index contributed by atoms with van der Waals surface area (Å²) in [7, 11) is -5.37. The van der Waals surface area contributed by atoms with Crippen LogP contribution in [0.4, 0.5) is 22.0 Å². The van der Waals surface area contributed by atoms with Crippen molar-refractivity contribution in [2.75, 3.05) is 19.6 Å². The summed E-state index contributed by atoms with van der Waals surface area (Å²) in [5.74, 6) is -3.00. The number of hydrogen-bond acceptors (Lipinski definition) is 3. The van der Waals surface area contributed by atoms with Crippen LogP contribution in [0.25, 0.3) is 0 Å². The largest absolute Gasteiger partial charge is 0.511 e. The van der Waals surface area contributed by atoms with E-state index in [-0.39, 0.29) is 49.2 Å². The number of amides is 1. The van der Waals surface area contributed by atoms with Crippen LogP contribution in [0.3, 0.4) is 0 Å². The third-order valence-electron chi connectivity index (χ3n) is 6.19. The quantitative estimate of drug-likeness (QED) is 0.682. The Morgan fingerprint density at radius 1 is 1.07 bits per heavy atom. The molecule has 1 amide bonds. The summed E-state index contributed by atoms with van der Waals surface area (Å²) in [6, 6.07) is 3.26. The van der Waals surface area contributed by atoms with Crippen molar-refractivity contribution in [3.63, 3.8) is 0 Å². The van der Waals surface area contributed by atoms with Gasteiger partial charge in [-0.3, -0.25) is 4.79 Å². The predicted molar refractivity (Wildman–Crippen MR) is 92.0 cm³/mol. The Morgan fingerprint density at radius 3 is 2.45 bits per heavy atom. The van der Waals surface area contributed by atoms with E-state index in [1.807, 2.05) is 0 Å². The van der Waals surface area contributed by atoms with Gasteiger partial charge in [-0.15, -0.1) is 0 Å². The fourth-order valence-electron chi connectivity index (χ4n) is 4.58. The van der Waals surface area contributed by atoms with Crippen LogP contribution in [0.2, 0.25) is 0 Å². The van der Waals surface area contributed by atoms with Crippen LogP contribution in [0, 0.1) is 23.5 Å². The molecule has 1 aliphatic carbocycles. The number of nitrogens with zero attached hydrogens (tertiary/aromatic N) is 2. The van der Waals surface area contributed by atoms with Gasteiger partial charge in [0.15, 0.2) is 11.6 Å². The fraction of sp³-hybridized carbons (Fsp3) is 0.611. The van der Waals surface area contributed by atoms with Crippen LogP contribution in [0.1, 0.15) is 30.7 Å². The van der Waals surface area contributed by atoms with Crippen molar-refractivity contribution in [2.24, 2.45) is 11.8 Å². The smallest absolute Gasteiger partial charge is 0.339 e. The van der Waals surface area contributed by atoms with Crippen LogP contribution >= 0.6 is 0 Å². The molecule has 3 aliphatic rings. The van der Waals surface area contributed by atoms with Gasteiger partial charge in [0.25, 0.3) is 0 Å². The van der Waals surface area contributed by atoms with Crippen molar-refractivity contribution in [3.05, 3.63) is 35.4 Å². The van der Waals surface area contributed by atoms with Crippen LogP contribution in [0.5, 0.6) is 0 Å². The number of benzene rings is 1. The molecule has 0 bridgehead atoms. The van der Waals surface area contributed by atoms with Gasteiger partial charge in [-0.2, -0.15) is 17.5 Å². The van der Waals surface area contributed by atoms with Gasteiger partial charge in [0, 0.05) is 31.6 Å². The predicted octanol–water partition coefficient (Wildman–Crippen LogP) is 2.84. The van der Waals surface area contributed by atoms with Gasteiger partial charge in [-0.1, -0.05) is 6.07 Å². The van der Waals surface area contributed by atoms with Crippen molar-refractivity contribution in [2.45, 2.75) is 36.7 Å². The molecule has 0 spiro atoms. The Hall–Kier alpha value is -1.75. The summed E-state index contributed by atoms with van der Waals surface area (Å²) in [5, 5.41) is 0. The molecule has 0 aromatic heterocycles. The summed E-state index contributed by atoms with van der Waals surface area (Å²) >= 11 is 0. The Labute approximate surface area is 164 Å². The Morgan fingerprint density at radius 2 is 1.79 bits per heavy atom. The molecule has 0 N–H and O–H groups in total. The lowest BCUT2D eigenvalue weighted by Crippen LogP contribution is -2.52. The molecular formula is C18H19F5N2O3S. The Bertz CT molecular complexity index is 936. The number of hydrogen-bond donors (Lipinski definition) is 0. The first kappa shape index (κ1) is 20.5. The summed E-state index contributed by atoms with van der Waals surface area (Å²) in [5.41, 5.74) is -4.79. The van der Waals surface area contributed by atoms with Crippen LogP contribution in [0.15, 0.2) is 18.2 Å². The number of carbonyl (C=O) groups is 1. The Kier molecular flexibility index (Phi) is 4.88. The van der Waals surface area contributed by atoms with Crippen LogP contribution in [-0.2, 0) is 14.8 Å². The lowest BCUT2D eigenvalue weighted by molar-refractivity contribution is -0.134. The topological polar surface area (TPSA) is 57.7 Å². The highest BCUT2D eigenvalue weighted by Crippen LogP contribution is 2.50. The third kappa shape index (κ3) is 3.52. The molecule has 4 rings (SSSR count). The van der Waals surface area contributed by atoms with Crippen molar-refractivity contribution in [1.29, 1.82) is 0 Å². The van der Waals surface area contributed by atoms with E-state index in [9.17, 15) is 35.2 Å². The second kappa shape index (κ2) is 6.90. The van der Waals surface area contributed by atoms with Gasteiger partial charge in [-0.25, -0.2) is 17.2 Å². The molecule has 1 aromatic carbocycles. The number of carbonyl (C=O) groups excluding carboxylic acids is 1. The van der Waals surface area contributed by atoms with E-state index in [2.05, 4.69) is 0 Å². The number of fused-ring (bicyclic) bond motifs is 1. The van der Waals surface area contributed by atoms with Crippen molar-refractivity contribution >= 4 is 15.9 Å². The van der Waals surface area contributed by atoms with Crippen molar-refractivity contribution < 1.29 is 35.2 Å². The molecule has 11 heteroatoms. The molecule has 1 saturated carbocycles.